The van der Waals surface area contributed by atoms with Crippen molar-refractivity contribution in [2.45, 2.75) is 25.7 Å². The fourth-order valence-corrected chi connectivity index (χ4v) is 2.91. The lowest BCUT2D eigenvalue weighted by Gasteiger charge is -2.37. The zero-order chi connectivity index (χ0) is 16.3. The molecule has 0 unspecified atom stereocenters. The van der Waals surface area contributed by atoms with Crippen LogP contribution >= 0.6 is 11.8 Å². The Kier molecular flexibility index (Phi) is 5.16. The molecule has 0 bridgehead atoms. The van der Waals surface area contributed by atoms with E-state index in [4.69, 9.17) is 0 Å². The molecule has 1 saturated heterocycles. The number of thioether (sulfide) groups is 1. The normalized spacial score (nSPS) is 15.8. The maximum absolute atomic E-state index is 12.5. The molecule has 2 rings (SSSR count). The van der Waals surface area contributed by atoms with Gasteiger partial charge in [0.1, 0.15) is 0 Å². The molecule has 0 atom stereocenters. The Bertz CT molecular complexity index is 541. The van der Waals surface area contributed by atoms with Crippen molar-refractivity contribution in [1.29, 1.82) is 0 Å². The van der Waals surface area contributed by atoms with Crippen molar-refractivity contribution in [3.05, 3.63) is 29.8 Å². The van der Waals surface area contributed by atoms with E-state index in [2.05, 4.69) is 0 Å². The summed E-state index contributed by atoms with van der Waals surface area (Å²) in [6.07, 6.45) is 2.02. The molecule has 22 heavy (non-hydrogen) atoms. The summed E-state index contributed by atoms with van der Waals surface area (Å²) in [5.74, 6) is 0.208. The highest BCUT2D eigenvalue weighted by atomic mass is 32.2. The summed E-state index contributed by atoms with van der Waals surface area (Å²) in [6.45, 7) is 8.23. The molecule has 1 aliphatic rings. The Morgan fingerprint density at radius 3 is 1.91 bits per heavy atom. The van der Waals surface area contributed by atoms with Crippen molar-refractivity contribution in [3.63, 3.8) is 0 Å². The molecular weight excluding hydrogens is 296 g/mol. The molecule has 0 spiro atoms. The predicted octanol–water partition coefficient (Wildman–Crippen LogP) is 2.74. The maximum atomic E-state index is 12.5. The smallest absolute Gasteiger partial charge is 0.253 e. The van der Waals surface area contributed by atoms with Crippen molar-refractivity contribution >= 4 is 23.6 Å². The van der Waals surface area contributed by atoms with E-state index < -0.39 is 0 Å². The molecule has 0 aliphatic carbocycles. The first-order valence-electron chi connectivity index (χ1n) is 7.55. The van der Waals surface area contributed by atoms with Crippen molar-refractivity contribution in [3.8, 4) is 0 Å². The summed E-state index contributed by atoms with van der Waals surface area (Å²) >= 11 is 1.66. The van der Waals surface area contributed by atoms with Gasteiger partial charge in [0.15, 0.2) is 0 Å². The largest absolute Gasteiger partial charge is 0.339 e. The van der Waals surface area contributed by atoms with Gasteiger partial charge in [0.05, 0.1) is 0 Å². The van der Waals surface area contributed by atoms with Crippen molar-refractivity contribution in [2.24, 2.45) is 5.41 Å². The number of hydrogen-bond acceptors (Lipinski definition) is 3. The monoisotopic (exact) mass is 320 g/mol. The van der Waals surface area contributed by atoms with Crippen LogP contribution in [-0.4, -0.2) is 54.0 Å². The van der Waals surface area contributed by atoms with Crippen LogP contribution in [0.15, 0.2) is 29.2 Å². The van der Waals surface area contributed by atoms with Gasteiger partial charge >= 0.3 is 0 Å². The van der Waals surface area contributed by atoms with Crippen LogP contribution in [0.2, 0.25) is 0 Å². The van der Waals surface area contributed by atoms with Gasteiger partial charge in [0, 0.05) is 42.1 Å². The summed E-state index contributed by atoms with van der Waals surface area (Å²) in [6, 6.07) is 7.69. The molecule has 120 valence electrons. The first kappa shape index (κ1) is 16.9. The lowest BCUT2D eigenvalue weighted by Crippen LogP contribution is -2.53. The third kappa shape index (κ3) is 3.83. The average molecular weight is 320 g/mol. The van der Waals surface area contributed by atoms with Gasteiger partial charge in [-0.2, -0.15) is 0 Å². The standard InChI is InChI=1S/C17H24N2O2S/c1-17(2,3)16(21)19-11-9-18(10-12-19)15(20)13-5-7-14(22-4)8-6-13/h5-8H,9-12H2,1-4H3. The summed E-state index contributed by atoms with van der Waals surface area (Å²) < 4.78 is 0. The minimum absolute atomic E-state index is 0.0514. The second-order valence-electron chi connectivity index (χ2n) is 6.56. The molecule has 1 aromatic carbocycles. The van der Waals surface area contributed by atoms with Crippen molar-refractivity contribution < 1.29 is 9.59 Å². The van der Waals surface area contributed by atoms with Gasteiger partial charge in [-0.05, 0) is 30.5 Å². The molecule has 0 radical (unpaired) electrons. The minimum Gasteiger partial charge on any atom is -0.339 e. The molecule has 1 aliphatic heterocycles. The van der Waals surface area contributed by atoms with Crippen molar-refractivity contribution in [2.75, 3.05) is 32.4 Å². The minimum atomic E-state index is -0.361. The zero-order valence-electron chi connectivity index (χ0n) is 13.8. The lowest BCUT2D eigenvalue weighted by atomic mass is 9.94. The molecule has 5 heteroatoms. The van der Waals surface area contributed by atoms with E-state index in [0.717, 1.165) is 4.90 Å². The van der Waals surface area contributed by atoms with Crippen LogP contribution < -0.4 is 0 Å². The number of nitrogens with zero attached hydrogens (tertiary/aromatic N) is 2. The fourth-order valence-electron chi connectivity index (χ4n) is 2.50. The van der Waals surface area contributed by atoms with E-state index >= 15 is 0 Å². The van der Waals surface area contributed by atoms with Crippen LogP contribution in [0, 0.1) is 5.41 Å². The first-order valence-corrected chi connectivity index (χ1v) is 8.78. The second-order valence-corrected chi connectivity index (χ2v) is 7.44. The van der Waals surface area contributed by atoms with Gasteiger partial charge in [-0.15, -0.1) is 11.8 Å². The van der Waals surface area contributed by atoms with Gasteiger partial charge in [-0.3, -0.25) is 9.59 Å². The van der Waals surface area contributed by atoms with Crippen LogP contribution in [-0.2, 0) is 4.79 Å². The van der Waals surface area contributed by atoms with Gasteiger partial charge in [0.25, 0.3) is 5.91 Å². The topological polar surface area (TPSA) is 40.6 Å². The highest BCUT2D eigenvalue weighted by Gasteiger charge is 2.30. The predicted molar refractivity (Wildman–Crippen MR) is 90.2 cm³/mol. The molecule has 2 amide bonds. The number of benzene rings is 1. The second kappa shape index (κ2) is 6.73. The molecule has 1 heterocycles. The Labute approximate surface area is 136 Å². The highest BCUT2D eigenvalue weighted by molar-refractivity contribution is 7.98. The lowest BCUT2D eigenvalue weighted by molar-refractivity contribution is -0.140. The third-order valence-corrected chi connectivity index (χ3v) is 4.58. The van der Waals surface area contributed by atoms with Gasteiger partial charge in [-0.1, -0.05) is 20.8 Å². The highest BCUT2D eigenvalue weighted by Crippen LogP contribution is 2.20. The quantitative estimate of drug-likeness (QED) is 0.787. The van der Waals surface area contributed by atoms with E-state index in [1.54, 1.807) is 11.8 Å². The number of hydrogen-bond donors (Lipinski definition) is 0. The van der Waals surface area contributed by atoms with E-state index in [-0.39, 0.29) is 17.2 Å². The molecule has 1 fully saturated rings. The Balaban J connectivity index is 1.96. The van der Waals surface area contributed by atoms with Gasteiger partial charge in [0.2, 0.25) is 5.91 Å². The molecule has 0 saturated carbocycles. The van der Waals surface area contributed by atoms with Gasteiger partial charge in [-0.25, -0.2) is 0 Å². The summed E-state index contributed by atoms with van der Waals surface area (Å²) in [4.78, 5) is 29.6. The molecular formula is C17H24N2O2S. The third-order valence-electron chi connectivity index (χ3n) is 3.83. The Morgan fingerprint density at radius 2 is 1.45 bits per heavy atom. The molecule has 1 aromatic rings. The van der Waals surface area contributed by atoms with Crippen molar-refractivity contribution in [1.82, 2.24) is 9.80 Å². The Hall–Kier alpha value is -1.49. The van der Waals surface area contributed by atoms with E-state index in [0.29, 0.717) is 31.7 Å². The summed E-state index contributed by atoms with van der Waals surface area (Å²) in [5.41, 5.74) is 0.355. The average Bonchev–Trinajstić information content (AvgIpc) is 2.53. The molecule has 0 aromatic heterocycles. The zero-order valence-corrected chi connectivity index (χ0v) is 14.6. The van der Waals surface area contributed by atoms with E-state index in [1.807, 2.05) is 61.1 Å². The number of amides is 2. The van der Waals surface area contributed by atoms with Crippen LogP contribution in [0.5, 0.6) is 0 Å². The van der Waals surface area contributed by atoms with E-state index in [9.17, 15) is 9.59 Å². The maximum Gasteiger partial charge on any atom is 0.253 e. The van der Waals surface area contributed by atoms with E-state index in [1.165, 1.54) is 0 Å². The number of rotatable bonds is 2. The van der Waals surface area contributed by atoms with Crippen LogP contribution in [0.3, 0.4) is 0 Å². The molecule has 4 nitrogen and oxygen atoms in total. The first-order chi connectivity index (χ1) is 10.3. The van der Waals surface area contributed by atoms with Crippen LogP contribution in [0.25, 0.3) is 0 Å². The van der Waals surface area contributed by atoms with Crippen LogP contribution in [0.1, 0.15) is 31.1 Å². The fraction of sp³-hybridized carbons (Fsp3) is 0.529. The SMILES string of the molecule is CSc1ccc(C(=O)N2CCN(C(=O)C(C)(C)C)CC2)cc1. The number of carbonyl (C=O) groups excluding carboxylic acids is 2. The number of carbonyl (C=O) groups is 2. The summed E-state index contributed by atoms with van der Waals surface area (Å²) in [7, 11) is 0. The summed E-state index contributed by atoms with van der Waals surface area (Å²) in [5, 5.41) is 0. The van der Waals surface area contributed by atoms with Gasteiger partial charge < -0.3 is 9.80 Å². The van der Waals surface area contributed by atoms with Crippen LogP contribution in [0.4, 0.5) is 0 Å². The number of piperazine rings is 1. The molecule has 0 N–H and O–H groups in total. The Morgan fingerprint density at radius 1 is 0.955 bits per heavy atom.